The van der Waals surface area contributed by atoms with Gasteiger partial charge in [0, 0.05) is 13.0 Å². The van der Waals surface area contributed by atoms with Gasteiger partial charge < -0.3 is 34.3 Å². The molecule has 70 heavy (non-hydrogen) atoms. The lowest BCUT2D eigenvalue weighted by atomic mass is 9.99. The summed E-state index contributed by atoms with van der Waals surface area (Å²) < 4.78 is 59.4. The van der Waals surface area contributed by atoms with Crippen LogP contribution in [0.5, 0.6) is 0 Å². The summed E-state index contributed by atoms with van der Waals surface area (Å²) in [6, 6.07) is 0. The van der Waals surface area contributed by atoms with Gasteiger partial charge in [-0.2, -0.15) is 8.42 Å². The molecule has 0 bridgehead atoms. The molecule has 4 N–H and O–H groups in total. The molecule has 1 heterocycles. The summed E-state index contributed by atoms with van der Waals surface area (Å²) in [5.74, 6) is -0.405. The van der Waals surface area contributed by atoms with Crippen molar-refractivity contribution in [3.05, 3.63) is 72.9 Å². The van der Waals surface area contributed by atoms with E-state index in [1.807, 2.05) is 0 Å². The molecule has 1 fully saturated rings. The van der Waals surface area contributed by atoms with Gasteiger partial charge in [-0.15, -0.1) is 0 Å². The smallest absolute Gasteiger partial charge is 0.397 e. The third kappa shape index (κ3) is 40.1. The SMILES string of the molecule is CC/C=C\C/C=C\C/C=C\C/C=C\CCCCCCCCCCCCC(=O)OC(COCCCCCCCCCCCC/C=C\C/C=C\CCCCC)COC1OC(CO)C(O)C(OS(=O)(=O)O)C1O. The first-order valence-corrected chi connectivity index (χ1v) is 29.1. The second-order valence-electron chi connectivity index (χ2n) is 18.8. The standard InChI is InChI=1S/C57H100O12S/c1-3-5-7-9-11-13-15-17-19-21-23-25-26-27-28-30-32-34-36-38-40-42-44-46-53(59)67-51(50-66-57-55(61)56(69-70(62,63)64)54(60)52(48-58)68-57)49-65-47-45-43-41-39-37-35-33-31-29-24-22-20-18-16-14-12-10-8-6-4-2/h5,7,11-14,17-20,23,25,51-52,54-58,60-61H,3-4,6,8-10,15-16,21-22,24,26-50H2,1-2H3,(H,62,63,64)/b7-5-,13-11-,14-12-,19-17-,20-18-,25-23-. The summed E-state index contributed by atoms with van der Waals surface area (Å²) >= 11 is 0. The summed E-state index contributed by atoms with van der Waals surface area (Å²) in [5.41, 5.74) is 0. The molecule has 0 aromatic rings. The summed E-state index contributed by atoms with van der Waals surface area (Å²) in [7, 11) is -5.07. The number of hydrogen-bond donors (Lipinski definition) is 4. The molecule has 6 unspecified atom stereocenters. The molecule has 1 rings (SSSR count). The van der Waals surface area contributed by atoms with Crippen LogP contribution in [0.2, 0.25) is 0 Å². The molecule has 406 valence electrons. The number of carbonyl (C=O) groups is 1. The lowest BCUT2D eigenvalue weighted by Crippen LogP contribution is -2.60. The Morgan fingerprint density at radius 3 is 1.44 bits per heavy atom. The van der Waals surface area contributed by atoms with Crippen LogP contribution in [0.1, 0.15) is 219 Å². The molecular formula is C57H100O12S. The minimum atomic E-state index is -5.07. The van der Waals surface area contributed by atoms with E-state index in [0.717, 1.165) is 77.0 Å². The Morgan fingerprint density at radius 1 is 0.557 bits per heavy atom. The highest BCUT2D eigenvalue weighted by Crippen LogP contribution is 2.26. The average Bonchev–Trinajstić information content (AvgIpc) is 3.34. The molecule has 1 aliphatic heterocycles. The number of hydrogen-bond acceptors (Lipinski definition) is 11. The molecule has 6 atom stereocenters. The van der Waals surface area contributed by atoms with Crippen molar-refractivity contribution in [2.75, 3.05) is 26.4 Å². The molecule has 0 aliphatic carbocycles. The number of carbonyl (C=O) groups excluding carboxylic acids is 1. The van der Waals surface area contributed by atoms with Crippen molar-refractivity contribution in [3.8, 4) is 0 Å². The van der Waals surface area contributed by atoms with Gasteiger partial charge in [0.25, 0.3) is 0 Å². The van der Waals surface area contributed by atoms with Crippen LogP contribution >= 0.6 is 0 Å². The van der Waals surface area contributed by atoms with Gasteiger partial charge in [0.15, 0.2) is 6.29 Å². The number of ether oxygens (including phenoxy) is 4. The van der Waals surface area contributed by atoms with Crippen LogP contribution in [0.3, 0.4) is 0 Å². The summed E-state index contributed by atoms with van der Waals surface area (Å²) in [6.07, 6.45) is 53.5. The normalized spacial score (nSPS) is 19.7. The van der Waals surface area contributed by atoms with E-state index in [-0.39, 0.29) is 19.6 Å². The minimum absolute atomic E-state index is 0.0297. The third-order valence-electron chi connectivity index (χ3n) is 12.3. The van der Waals surface area contributed by atoms with Crippen molar-refractivity contribution in [2.24, 2.45) is 0 Å². The Kier molecular flexibility index (Phi) is 44.5. The topological polar surface area (TPSA) is 178 Å². The fourth-order valence-corrected chi connectivity index (χ4v) is 8.67. The van der Waals surface area contributed by atoms with E-state index in [2.05, 4.69) is 90.9 Å². The highest BCUT2D eigenvalue weighted by Gasteiger charge is 2.48. The predicted octanol–water partition coefficient (Wildman–Crippen LogP) is 13.4. The Labute approximate surface area is 426 Å². The highest BCUT2D eigenvalue weighted by atomic mass is 32.3. The van der Waals surface area contributed by atoms with Crippen LogP contribution in [-0.4, -0.2) is 97.5 Å². The first kappa shape index (κ1) is 65.6. The zero-order valence-electron chi connectivity index (χ0n) is 43.8. The molecule has 0 aromatic heterocycles. The maximum Gasteiger partial charge on any atom is 0.397 e. The summed E-state index contributed by atoms with van der Waals surface area (Å²) in [5, 5.41) is 30.8. The minimum Gasteiger partial charge on any atom is -0.457 e. The fraction of sp³-hybridized carbons (Fsp3) is 0.772. The molecule has 12 nitrogen and oxygen atoms in total. The number of aliphatic hydroxyl groups excluding tert-OH is 3. The van der Waals surface area contributed by atoms with Crippen molar-refractivity contribution in [3.63, 3.8) is 0 Å². The molecule has 0 saturated carbocycles. The van der Waals surface area contributed by atoms with E-state index in [1.54, 1.807) is 0 Å². The lowest BCUT2D eigenvalue weighted by molar-refractivity contribution is -0.301. The summed E-state index contributed by atoms with van der Waals surface area (Å²) in [6.45, 7) is 3.86. The molecule has 1 saturated heterocycles. The molecule has 0 spiro atoms. The van der Waals surface area contributed by atoms with Crippen LogP contribution < -0.4 is 0 Å². The first-order valence-electron chi connectivity index (χ1n) is 27.7. The molecule has 0 amide bonds. The van der Waals surface area contributed by atoms with E-state index in [4.69, 9.17) is 18.9 Å². The Balaban J connectivity index is 2.33. The molecule has 13 heteroatoms. The maximum absolute atomic E-state index is 12.9. The third-order valence-corrected chi connectivity index (χ3v) is 12.8. The van der Waals surface area contributed by atoms with Gasteiger partial charge in [-0.3, -0.25) is 9.35 Å². The van der Waals surface area contributed by atoms with E-state index in [9.17, 15) is 33.1 Å². The van der Waals surface area contributed by atoms with Crippen molar-refractivity contribution in [2.45, 2.75) is 256 Å². The molecular weight excluding hydrogens is 909 g/mol. The fourth-order valence-electron chi connectivity index (χ4n) is 8.17. The van der Waals surface area contributed by atoms with Crippen LogP contribution in [0.25, 0.3) is 0 Å². The van der Waals surface area contributed by atoms with E-state index in [0.29, 0.717) is 13.0 Å². The van der Waals surface area contributed by atoms with Gasteiger partial charge in [-0.25, -0.2) is 4.18 Å². The van der Waals surface area contributed by atoms with E-state index in [1.165, 1.54) is 116 Å². The number of esters is 1. The Bertz CT molecular complexity index is 1490. The second kappa shape index (κ2) is 47.5. The number of unbranched alkanes of at least 4 members (excludes halogenated alkanes) is 23. The number of allylic oxidation sites excluding steroid dienone is 12. The van der Waals surface area contributed by atoms with Gasteiger partial charge >= 0.3 is 16.4 Å². The lowest BCUT2D eigenvalue weighted by Gasteiger charge is -2.41. The largest absolute Gasteiger partial charge is 0.457 e. The second-order valence-corrected chi connectivity index (χ2v) is 19.8. The quantitative estimate of drug-likeness (QED) is 0.0197. The number of rotatable bonds is 48. The zero-order chi connectivity index (χ0) is 51.0. The number of aliphatic hydroxyl groups is 3. The van der Waals surface area contributed by atoms with Gasteiger partial charge in [0.05, 0.1) is 19.8 Å². The van der Waals surface area contributed by atoms with Crippen molar-refractivity contribution >= 4 is 16.4 Å². The average molecular weight is 1010 g/mol. The molecule has 0 radical (unpaired) electrons. The first-order chi connectivity index (χ1) is 34.1. The van der Waals surface area contributed by atoms with Crippen molar-refractivity contribution in [1.82, 2.24) is 0 Å². The summed E-state index contributed by atoms with van der Waals surface area (Å²) in [4.78, 5) is 12.9. The van der Waals surface area contributed by atoms with E-state index >= 15 is 0 Å². The van der Waals surface area contributed by atoms with E-state index < -0.39 is 59.8 Å². The van der Waals surface area contributed by atoms with Crippen LogP contribution in [0.15, 0.2) is 72.9 Å². The van der Waals surface area contributed by atoms with Gasteiger partial charge in [-0.05, 0) is 83.5 Å². The Hall–Kier alpha value is -2.46. The predicted molar refractivity (Wildman–Crippen MR) is 285 cm³/mol. The van der Waals surface area contributed by atoms with Crippen LogP contribution in [0, 0.1) is 0 Å². The highest BCUT2D eigenvalue weighted by molar-refractivity contribution is 7.80. The van der Waals surface area contributed by atoms with Crippen LogP contribution in [-0.2, 0) is 38.3 Å². The van der Waals surface area contributed by atoms with Crippen molar-refractivity contribution in [1.29, 1.82) is 0 Å². The van der Waals surface area contributed by atoms with Crippen LogP contribution in [0.4, 0.5) is 0 Å². The van der Waals surface area contributed by atoms with Crippen molar-refractivity contribution < 1.29 is 56.2 Å². The molecule has 0 aromatic carbocycles. The van der Waals surface area contributed by atoms with Gasteiger partial charge in [0.1, 0.15) is 30.5 Å². The Morgan fingerprint density at radius 2 is 0.986 bits per heavy atom. The monoisotopic (exact) mass is 1010 g/mol. The van der Waals surface area contributed by atoms with Gasteiger partial charge in [0.2, 0.25) is 0 Å². The maximum atomic E-state index is 12.9. The molecule has 1 aliphatic rings. The van der Waals surface area contributed by atoms with Gasteiger partial charge in [-0.1, -0.05) is 202 Å². The zero-order valence-corrected chi connectivity index (χ0v) is 44.6.